The van der Waals surface area contributed by atoms with E-state index in [0.717, 1.165) is 5.56 Å². The largest absolute Gasteiger partial charge is 0.383 e. The summed E-state index contributed by atoms with van der Waals surface area (Å²) in [5.41, 5.74) is 7.41. The number of nitrogens with two attached hydrogens (primary N) is 1. The average Bonchev–Trinajstić information content (AvgIpc) is 2.32. The first-order chi connectivity index (χ1) is 8.09. The number of benzene rings is 1. The molecule has 0 aliphatic carbocycles. The molecule has 2 N–H and O–H groups in total. The molecular weight excluding hydrogens is 236 g/mol. The minimum Gasteiger partial charge on any atom is -0.383 e. The smallest absolute Gasteiger partial charge is 0.198 e. The molecule has 0 radical (unpaired) electrons. The Morgan fingerprint density at radius 3 is 2.71 bits per heavy atom. The molecule has 0 saturated carbocycles. The zero-order valence-corrected chi connectivity index (χ0v) is 10.0. The number of carbonyl (C=O) groups excluding carboxylic acids is 1. The number of hydrogen-bond acceptors (Lipinski definition) is 3. The highest BCUT2D eigenvalue weighted by Gasteiger charge is 2.15. The van der Waals surface area contributed by atoms with Gasteiger partial charge in [-0.25, -0.2) is 4.98 Å². The van der Waals surface area contributed by atoms with E-state index in [1.165, 1.54) is 0 Å². The standard InChI is InChI=1S/C13H11ClN2O/c1-8-6-10(13(15)16-7-8)12(17)9-4-2-3-5-11(9)14/h2-7H,1H3,(H2,15,16). The van der Waals surface area contributed by atoms with Gasteiger partial charge in [-0.05, 0) is 30.7 Å². The number of anilines is 1. The number of aryl methyl sites for hydroxylation is 1. The molecule has 0 bridgehead atoms. The predicted octanol–water partition coefficient (Wildman–Crippen LogP) is 2.86. The number of ketones is 1. The summed E-state index contributed by atoms with van der Waals surface area (Å²) < 4.78 is 0. The first kappa shape index (κ1) is 11.6. The van der Waals surface area contributed by atoms with Crippen molar-refractivity contribution in [3.63, 3.8) is 0 Å². The second kappa shape index (κ2) is 4.55. The summed E-state index contributed by atoms with van der Waals surface area (Å²) in [6.45, 7) is 1.86. The van der Waals surface area contributed by atoms with Crippen LogP contribution in [0.15, 0.2) is 36.5 Å². The fourth-order valence-corrected chi connectivity index (χ4v) is 1.77. The molecule has 1 heterocycles. The van der Waals surface area contributed by atoms with Gasteiger partial charge in [-0.2, -0.15) is 0 Å². The third-order valence-electron chi connectivity index (χ3n) is 2.42. The van der Waals surface area contributed by atoms with E-state index in [2.05, 4.69) is 4.98 Å². The fourth-order valence-electron chi connectivity index (χ4n) is 1.55. The molecule has 0 unspecified atom stereocenters. The van der Waals surface area contributed by atoms with Crippen LogP contribution in [0.1, 0.15) is 21.5 Å². The van der Waals surface area contributed by atoms with Crippen LogP contribution in [-0.4, -0.2) is 10.8 Å². The van der Waals surface area contributed by atoms with Gasteiger partial charge < -0.3 is 5.73 Å². The maximum Gasteiger partial charge on any atom is 0.198 e. The maximum atomic E-state index is 12.2. The first-order valence-electron chi connectivity index (χ1n) is 5.11. The van der Waals surface area contributed by atoms with Crippen LogP contribution in [0.2, 0.25) is 5.02 Å². The van der Waals surface area contributed by atoms with E-state index >= 15 is 0 Å². The van der Waals surface area contributed by atoms with Crippen molar-refractivity contribution in [1.82, 2.24) is 4.98 Å². The van der Waals surface area contributed by atoms with Crippen LogP contribution >= 0.6 is 11.6 Å². The van der Waals surface area contributed by atoms with Crippen molar-refractivity contribution in [2.45, 2.75) is 6.92 Å². The predicted molar refractivity (Wildman–Crippen MR) is 68.3 cm³/mol. The van der Waals surface area contributed by atoms with Crippen molar-refractivity contribution in [3.05, 3.63) is 58.2 Å². The van der Waals surface area contributed by atoms with Crippen molar-refractivity contribution in [3.8, 4) is 0 Å². The number of carbonyl (C=O) groups is 1. The van der Waals surface area contributed by atoms with Crippen molar-refractivity contribution < 1.29 is 4.79 Å². The van der Waals surface area contributed by atoms with Crippen LogP contribution in [0.3, 0.4) is 0 Å². The third-order valence-corrected chi connectivity index (χ3v) is 2.75. The van der Waals surface area contributed by atoms with Crippen molar-refractivity contribution in [2.75, 3.05) is 5.73 Å². The summed E-state index contributed by atoms with van der Waals surface area (Å²) in [7, 11) is 0. The monoisotopic (exact) mass is 246 g/mol. The Labute approximate surface area is 104 Å². The van der Waals surface area contributed by atoms with E-state index in [9.17, 15) is 4.79 Å². The molecule has 17 heavy (non-hydrogen) atoms. The van der Waals surface area contributed by atoms with E-state index in [1.807, 2.05) is 6.92 Å². The molecule has 0 aliphatic heterocycles. The lowest BCUT2D eigenvalue weighted by Gasteiger charge is -2.06. The summed E-state index contributed by atoms with van der Waals surface area (Å²) in [6.07, 6.45) is 1.62. The number of halogens is 1. The van der Waals surface area contributed by atoms with E-state index < -0.39 is 0 Å². The second-order valence-corrected chi connectivity index (χ2v) is 4.16. The highest BCUT2D eigenvalue weighted by molar-refractivity contribution is 6.35. The van der Waals surface area contributed by atoms with Crippen LogP contribution in [0, 0.1) is 6.92 Å². The zero-order valence-electron chi connectivity index (χ0n) is 9.27. The van der Waals surface area contributed by atoms with E-state index in [1.54, 1.807) is 36.5 Å². The average molecular weight is 247 g/mol. The highest BCUT2D eigenvalue weighted by atomic mass is 35.5. The lowest BCUT2D eigenvalue weighted by atomic mass is 10.0. The van der Waals surface area contributed by atoms with Crippen molar-refractivity contribution >= 4 is 23.2 Å². The number of hydrogen-bond donors (Lipinski definition) is 1. The Balaban J connectivity index is 2.51. The maximum absolute atomic E-state index is 12.2. The van der Waals surface area contributed by atoms with Crippen LogP contribution in [0.25, 0.3) is 0 Å². The summed E-state index contributed by atoms with van der Waals surface area (Å²) in [4.78, 5) is 16.2. The van der Waals surface area contributed by atoms with Gasteiger partial charge in [0.25, 0.3) is 0 Å². The van der Waals surface area contributed by atoms with Crippen LogP contribution in [0.5, 0.6) is 0 Å². The molecule has 0 amide bonds. The number of nitrogens with zero attached hydrogens (tertiary/aromatic N) is 1. The van der Waals surface area contributed by atoms with E-state index in [4.69, 9.17) is 17.3 Å². The van der Waals surface area contributed by atoms with Gasteiger partial charge >= 0.3 is 0 Å². The number of aromatic nitrogens is 1. The van der Waals surface area contributed by atoms with Crippen molar-refractivity contribution in [1.29, 1.82) is 0 Å². The van der Waals surface area contributed by atoms with Gasteiger partial charge in [0.2, 0.25) is 0 Å². The Bertz CT molecular complexity index is 581. The van der Waals surface area contributed by atoms with Crippen LogP contribution in [0.4, 0.5) is 5.82 Å². The molecule has 4 heteroatoms. The Morgan fingerprint density at radius 2 is 2.00 bits per heavy atom. The van der Waals surface area contributed by atoms with E-state index in [-0.39, 0.29) is 11.6 Å². The van der Waals surface area contributed by atoms with Gasteiger partial charge in [0.05, 0.1) is 10.6 Å². The Hall–Kier alpha value is -1.87. The summed E-state index contributed by atoms with van der Waals surface area (Å²) in [6, 6.07) is 8.60. The Kier molecular flexibility index (Phi) is 3.11. The molecule has 0 atom stereocenters. The highest BCUT2D eigenvalue weighted by Crippen LogP contribution is 2.21. The summed E-state index contributed by atoms with van der Waals surface area (Å²) in [5, 5.41) is 0.415. The molecule has 2 rings (SSSR count). The number of nitrogen functional groups attached to an aromatic ring is 1. The second-order valence-electron chi connectivity index (χ2n) is 3.75. The van der Waals surface area contributed by atoms with Gasteiger partial charge in [-0.3, -0.25) is 4.79 Å². The molecule has 2 aromatic rings. The van der Waals surface area contributed by atoms with Gasteiger partial charge in [0.1, 0.15) is 5.82 Å². The Morgan fingerprint density at radius 1 is 1.29 bits per heavy atom. The molecule has 86 valence electrons. The minimum atomic E-state index is -0.204. The van der Waals surface area contributed by atoms with Gasteiger partial charge in [0, 0.05) is 11.8 Å². The molecule has 0 spiro atoms. The molecule has 0 aliphatic rings. The number of pyridine rings is 1. The molecule has 1 aromatic carbocycles. The quantitative estimate of drug-likeness (QED) is 0.829. The molecule has 3 nitrogen and oxygen atoms in total. The molecule has 0 fully saturated rings. The third kappa shape index (κ3) is 2.29. The van der Waals surface area contributed by atoms with Crippen LogP contribution < -0.4 is 5.73 Å². The van der Waals surface area contributed by atoms with Gasteiger partial charge in [0.15, 0.2) is 5.78 Å². The topological polar surface area (TPSA) is 56.0 Å². The summed E-state index contributed by atoms with van der Waals surface area (Å²) in [5.74, 6) is 0.0184. The molecule has 1 aromatic heterocycles. The first-order valence-corrected chi connectivity index (χ1v) is 5.48. The molecule has 0 saturated heterocycles. The van der Waals surface area contributed by atoms with Gasteiger partial charge in [-0.1, -0.05) is 23.7 Å². The van der Waals surface area contributed by atoms with Crippen LogP contribution in [-0.2, 0) is 0 Å². The van der Waals surface area contributed by atoms with Crippen molar-refractivity contribution in [2.24, 2.45) is 0 Å². The SMILES string of the molecule is Cc1cnc(N)c(C(=O)c2ccccc2Cl)c1. The van der Waals surface area contributed by atoms with E-state index in [0.29, 0.717) is 16.1 Å². The lowest BCUT2D eigenvalue weighted by Crippen LogP contribution is -2.07. The molecular formula is C13H11ClN2O. The zero-order chi connectivity index (χ0) is 12.4. The van der Waals surface area contributed by atoms with Gasteiger partial charge in [-0.15, -0.1) is 0 Å². The minimum absolute atomic E-state index is 0.204. The fraction of sp³-hybridized carbons (Fsp3) is 0.0769. The summed E-state index contributed by atoms with van der Waals surface area (Å²) >= 11 is 5.98. The normalized spacial score (nSPS) is 10.2. The lowest BCUT2D eigenvalue weighted by molar-refractivity contribution is 0.103. The number of rotatable bonds is 2.